The van der Waals surface area contributed by atoms with Crippen LogP contribution in [0.4, 0.5) is 5.95 Å². The Morgan fingerprint density at radius 3 is 2.67 bits per heavy atom. The molecule has 2 aromatic rings. The molecule has 1 saturated heterocycles. The topological polar surface area (TPSA) is 71.8 Å². The van der Waals surface area contributed by atoms with Gasteiger partial charge in [0.1, 0.15) is 0 Å². The van der Waals surface area contributed by atoms with Crippen molar-refractivity contribution in [2.45, 2.75) is 38.5 Å². The first-order valence-electron chi connectivity index (χ1n) is 8.69. The Hall–Kier alpha value is -2.21. The quantitative estimate of drug-likeness (QED) is 0.885. The van der Waals surface area contributed by atoms with E-state index in [0.29, 0.717) is 17.4 Å². The molecule has 1 amide bonds. The van der Waals surface area contributed by atoms with Crippen LogP contribution in [0.3, 0.4) is 0 Å². The summed E-state index contributed by atoms with van der Waals surface area (Å²) in [4.78, 5) is 17.0. The van der Waals surface area contributed by atoms with Crippen molar-refractivity contribution < 1.29 is 4.79 Å². The number of benzene rings is 1. The lowest BCUT2D eigenvalue weighted by molar-refractivity contribution is 0.102. The molecule has 6 heteroatoms. The Kier molecular flexibility index (Phi) is 5.25. The third-order valence-corrected chi connectivity index (χ3v) is 4.46. The largest absolute Gasteiger partial charge is 0.317 e. The van der Waals surface area contributed by atoms with E-state index in [2.05, 4.69) is 27.6 Å². The Balaban J connectivity index is 1.68. The summed E-state index contributed by atoms with van der Waals surface area (Å²) in [6, 6.07) is 7.75. The van der Waals surface area contributed by atoms with E-state index in [1.807, 2.05) is 31.3 Å². The fourth-order valence-electron chi connectivity index (χ4n) is 3.05. The lowest BCUT2D eigenvalue weighted by atomic mass is 9.98. The molecule has 128 valence electrons. The van der Waals surface area contributed by atoms with E-state index in [9.17, 15) is 4.79 Å². The van der Waals surface area contributed by atoms with E-state index >= 15 is 0 Å². The first-order chi connectivity index (χ1) is 11.7. The summed E-state index contributed by atoms with van der Waals surface area (Å²) in [5.74, 6) is 1.56. The summed E-state index contributed by atoms with van der Waals surface area (Å²) in [7, 11) is 1.82. The van der Waals surface area contributed by atoms with Gasteiger partial charge >= 0.3 is 0 Å². The normalized spacial score (nSPS) is 15.4. The molecule has 0 radical (unpaired) electrons. The van der Waals surface area contributed by atoms with Gasteiger partial charge in [0.2, 0.25) is 5.95 Å². The number of nitrogens with zero attached hydrogens (tertiary/aromatic N) is 3. The highest BCUT2D eigenvalue weighted by Gasteiger charge is 2.21. The van der Waals surface area contributed by atoms with Crippen LogP contribution >= 0.6 is 0 Å². The lowest BCUT2D eigenvalue weighted by Gasteiger charge is -2.19. The van der Waals surface area contributed by atoms with Crippen LogP contribution in [-0.4, -0.2) is 33.8 Å². The van der Waals surface area contributed by atoms with Gasteiger partial charge in [0.05, 0.1) is 0 Å². The highest BCUT2D eigenvalue weighted by Crippen LogP contribution is 2.23. The Morgan fingerprint density at radius 2 is 2.00 bits per heavy atom. The Morgan fingerprint density at radius 1 is 1.29 bits per heavy atom. The van der Waals surface area contributed by atoms with Gasteiger partial charge in [0, 0.05) is 18.5 Å². The molecule has 2 N–H and O–H groups in total. The maximum Gasteiger partial charge on any atom is 0.258 e. The van der Waals surface area contributed by atoms with Gasteiger partial charge in [-0.05, 0) is 50.0 Å². The standard InChI is InChI=1S/C18H25N5O/c1-3-4-13-5-7-15(8-6-13)17(24)21-18-20-16(22-23(18)2)14-9-11-19-12-10-14/h5-8,14,19H,3-4,9-12H2,1-2H3,(H,20,21,22,24). The monoisotopic (exact) mass is 327 g/mol. The highest BCUT2D eigenvalue weighted by atomic mass is 16.1. The predicted octanol–water partition coefficient (Wildman–Crippen LogP) is 2.49. The summed E-state index contributed by atoms with van der Waals surface area (Å²) in [5, 5.41) is 10.7. The number of nitrogens with one attached hydrogen (secondary N) is 2. The van der Waals surface area contributed by atoms with Gasteiger partial charge in [-0.2, -0.15) is 10.1 Å². The molecule has 1 aromatic heterocycles. The molecule has 2 heterocycles. The van der Waals surface area contributed by atoms with Crippen molar-refractivity contribution in [3.63, 3.8) is 0 Å². The SMILES string of the molecule is CCCc1ccc(C(=O)Nc2nc(C3CCNCC3)nn2C)cc1. The third kappa shape index (κ3) is 3.82. The van der Waals surface area contributed by atoms with Crippen LogP contribution in [0, 0.1) is 0 Å². The zero-order valence-electron chi connectivity index (χ0n) is 14.4. The number of piperidine rings is 1. The minimum atomic E-state index is -0.148. The second-order valence-electron chi connectivity index (χ2n) is 6.34. The number of amides is 1. The van der Waals surface area contributed by atoms with Crippen molar-refractivity contribution in [1.29, 1.82) is 0 Å². The zero-order chi connectivity index (χ0) is 16.9. The molecular formula is C18H25N5O. The molecule has 0 bridgehead atoms. The Labute approximate surface area is 142 Å². The van der Waals surface area contributed by atoms with E-state index in [1.165, 1.54) is 5.56 Å². The molecule has 0 atom stereocenters. The molecule has 1 aromatic carbocycles. The molecular weight excluding hydrogens is 302 g/mol. The van der Waals surface area contributed by atoms with Crippen molar-refractivity contribution in [2.24, 2.45) is 7.05 Å². The fraction of sp³-hybridized carbons (Fsp3) is 0.500. The van der Waals surface area contributed by atoms with Gasteiger partial charge in [0.25, 0.3) is 5.91 Å². The van der Waals surface area contributed by atoms with E-state index in [1.54, 1.807) is 4.68 Å². The molecule has 0 unspecified atom stereocenters. The van der Waals surface area contributed by atoms with Crippen LogP contribution in [-0.2, 0) is 13.5 Å². The molecule has 6 nitrogen and oxygen atoms in total. The van der Waals surface area contributed by atoms with Crippen LogP contribution in [0.2, 0.25) is 0 Å². The predicted molar refractivity (Wildman–Crippen MR) is 94.2 cm³/mol. The molecule has 3 rings (SSSR count). The van der Waals surface area contributed by atoms with Gasteiger partial charge in [-0.3, -0.25) is 10.1 Å². The van der Waals surface area contributed by atoms with Crippen LogP contribution in [0.15, 0.2) is 24.3 Å². The molecule has 0 aliphatic carbocycles. The maximum absolute atomic E-state index is 12.4. The second-order valence-corrected chi connectivity index (χ2v) is 6.34. The number of rotatable bonds is 5. The van der Waals surface area contributed by atoms with Gasteiger partial charge in [-0.25, -0.2) is 4.68 Å². The first kappa shape index (κ1) is 16.6. The van der Waals surface area contributed by atoms with Crippen molar-refractivity contribution in [1.82, 2.24) is 20.1 Å². The summed E-state index contributed by atoms with van der Waals surface area (Å²) in [6.45, 7) is 4.14. The first-order valence-corrected chi connectivity index (χ1v) is 8.69. The van der Waals surface area contributed by atoms with Crippen molar-refractivity contribution >= 4 is 11.9 Å². The van der Waals surface area contributed by atoms with Crippen LogP contribution in [0.5, 0.6) is 0 Å². The minimum absolute atomic E-state index is 0.148. The van der Waals surface area contributed by atoms with E-state index < -0.39 is 0 Å². The van der Waals surface area contributed by atoms with Gasteiger partial charge in [0.15, 0.2) is 5.82 Å². The number of hydrogen-bond acceptors (Lipinski definition) is 4. The summed E-state index contributed by atoms with van der Waals surface area (Å²) >= 11 is 0. The molecule has 0 saturated carbocycles. The molecule has 0 spiro atoms. The molecule has 24 heavy (non-hydrogen) atoms. The number of aromatic nitrogens is 3. The third-order valence-electron chi connectivity index (χ3n) is 4.46. The highest BCUT2D eigenvalue weighted by molar-refractivity contribution is 6.03. The van der Waals surface area contributed by atoms with Crippen molar-refractivity contribution in [3.05, 3.63) is 41.2 Å². The van der Waals surface area contributed by atoms with Crippen molar-refractivity contribution in [3.8, 4) is 0 Å². The average Bonchev–Trinajstić information content (AvgIpc) is 2.97. The van der Waals surface area contributed by atoms with E-state index in [4.69, 9.17) is 0 Å². The van der Waals surface area contributed by atoms with Gasteiger partial charge < -0.3 is 5.32 Å². The summed E-state index contributed by atoms with van der Waals surface area (Å²) < 4.78 is 1.65. The minimum Gasteiger partial charge on any atom is -0.317 e. The number of aryl methyl sites for hydroxylation is 2. The Bertz CT molecular complexity index is 686. The fourth-order valence-corrected chi connectivity index (χ4v) is 3.05. The second kappa shape index (κ2) is 7.57. The zero-order valence-corrected chi connectivity index (χ0v) is 14.4. The maximum atomic E-state index is 12.4. The molecule has 1 aliphatic heterocycles. The van der Waals surface area contributed by atoms with E-state index in [-0.39, 0.29) is 5.91 Å². The number of anilines is 1. The lowest BCUT2D eigenvalue weighted by Crippen LogP contribution is -2.27. The van der Waals surface area contributed by atoms with Crippen LogP contribution < -0.4 is 10.6 Å². The van der Waals surface area contributed by atoms with E-state index in [0.717, 1.165) is 44.6 Å². The number of carbonyl (C=O) groups excluding carboxylic acids is 1. The average molecular weight is 327 g/mol. The van der Waals surface area contributed by atoms with Crippen molar-refractivity contribution in [2.75, 3.05) is 18.4 Å². The van der Waals surface area contributed by atoms with Gasteiger partial charge in [-0.15, -0.1) is 0 Å². The number of carbonyl (C=O) groups is 1. The van der Waals surface area contributed by atoms with Crippen LogP contribution in [0.25, 0.3) is 0 Å². The molecule has 1 fully saturated rings. The van der Waals surface area contributed by atoms with Crippen LogP contribution in [0.1, 0.15) is 53.8 Å². The van der Waals surface area contributed by atoms with Gasteiger partial charge in [-0.1, -0.05) is 25.5 Å². The molecule has 1 aliphatic rings. The summed E-state index contributed by atoms with van der Waals surface area (Å²) in [5.41, 5.74) is 1.89. The number of hydrogen-bond donors (Lipinski definition) is 2. The summed E-state index contributed by atoms with van der Waals surface area (Å²) in [6.07, 6.45) is 4.21. The smallest absolute Gasteiger partial charge is 0.258 e.